The Kier molecular flexibility index (Phi) is 4.93. The second-order valence-electron chi connectivity index (χ2n) is 10.9. The Morgan fingerprint density at radius 3 is 1.71 bits per heavy atom. The molecular formula is C40H25NO. The van der Waals surface area contributed by atoms with E-state index in [4.69, 9.17) is 4.42 Å². The van der Waals surface area contributed by atoms with Crippen molar-refractivity contribution >= 4 is 54.5 Å². The molecule has 196 valence electrons. The van der Waals surface area contributed by atoms with Crippen LogP contribution in [-0.2, 0) is 0 Å². The molecule has 9 rings (SSSR count). The molecule has 0 atom stereocenters. The van der Waals surface area contributed by atoms with Crippen LogP contribution in [-0.4, -0.2) is 4.57 Å². The third-order valence-electron chi connectivity index (χ3n) is 8.61. The molecule has 0 bridgehead atoms. The van der Waals surface area contributed by atoms with Crippen molar-refractivity contribution in [3.63, 3.8) is 0 Å². The molecule has 9 aromatic rings. The topological polar surface area (TPSA) is 18.1 Å². The van der Waals surface area contributed by atoms with Crippen molar-refractivity contribution in [1.29, 1.82) is 0 Å². The molecule has 0 saturated heterocycles. The molecule has 0 radical (unpaired) electrons. The van der Waals surface area contributed by atoms with Crippen molar-refractivity contribution in [1.82, 2.24) is 4.57 Å². The molecule has 2 nitrogen and oxygen atoms in total. The molecule has 2 aromatic heterocycles. The number of rotatable bonds is 3. The first-order valence-electron chi connectivity index (χ1n) is 14.4. The van der Waals surface area contributed by atoms with Crippen molar-refractivity contribution < 1.29 is 4.42 Å². The lowest BCUT2D eigenvalue weighted by atomic mass is 9.91. The molecule has 0 spiro atoms. The Labute approximate surface area is 242 Å². The van der Waals surface area contributed by atoms with Gasteiger partial charge in [-0.2, -0.15) is 0 Å². The summed E-state index contributed by atoms with van der Waals surface area (Å²) in [5, 5.41) is 7.32. The highest BCUT2D eigenvalue weighted by Gasteiger charge is 2.16. The number of para-hydroxylation sites is 3. The maximum atomic E-state index is 6.10. The molecule has 2 heterocycles. The zero-order valence-electron chi connectivity index (χ0n) is 22.8. The molecule has 0 saturated carbocycles. The van der Waals surface area contributed by atoms with Crippen LogP contribution in [0.4, 0.5) is 0 Å². The lowest BCUT2D eigenvalue weighted by Crippen LogP contribution is -1.93. The van der Waals surface area contributed by atoms with Gasteiger partial charge in [0.25, 0.3) is 0 Å². The highest BCUT2D eigenvalue weighted by Crippen LogP contribution is 2.40. The van der Waals surface area contributed by atoms with E-state index in [0.29, 0.717) is 0 Å². The number of hydrogen-bond donors (Lipinski definition) is 0. The molecule has 0 amide bonds. The Morgan fingerprint density at radius 1 is 0.357 bits per heavy atom. The number of aromatic nitrogens is 1. The Morgan fingerprint density at radius 2 is 0.929 bits per heavy atom. The average Bonchev–Trinajstić information content (AvgIpc) is 3.59. The molecular weight excluding hydrogens is 510 g/mol. The van der Waals surface area contributed by atoms with E-state index < -0.39 is 0 Å². The molecule has 0 aliphatic carbocycles. The maximum Gasteiger partial charge on any atom is 0.135 e. The van der Waals surface area contributed by atoms with Gasteiger partial charge in [-0.05, 0) is 75.5 Å². The summed E-state index contributed by atoms with van der Waals surface area (Å²) in [7, 11) is 0. The minimum atomic E-state index is 0.919. The summed E-state index contributed by atoms with van der Waals surface area (Å²) in [4.78, 5) is 0. The monoisotopic (exact) mass is 535 g/mol. The van der Waals surface area contributed by atoms with E-state index in [1.165, 1.54) is 60.5 Å². The van der Waals surface area contributed by atoms with Gasteiger partial charge in [0.1, 0.15) is 11.2 Å². The third-order valence-corrected chi connectivity index (χ3v) is 8.61. The highest BCUT2D eigenvalue weighted by atomic mass is 16.3. The van der Waals surface area contributed by atoms with Crippen LogP contribution in [0.5, 0.6) is 0 Å². The fraction of sp³-hybridized carbons (Fsp3) is 0. The second-order valence-corrected chi connectivity index (χ2v) is 10.9. The molecule has 0 aliphatic heterocycles. The molecule has 7 aromatic carbocycles. The van der Waals surface area contributed by atoms with Crippen molar-refractivity contribution in [2.24, 2.45) is 0 Å². The largest absolute Gasteiger partial charge is 0.456 e. The molecule has 0 fully saturated rings. The summed E-state index contributed by atoms with van der Waals surface area (Å²) in [6, 6.07) is 54.4. The zero-order chi connectivity index (χ0) is 27.6. The number of furan rings is 1. The summed E-state index contributed by atoms with van der Waals surface area (Å²) in [6.07, 6.45) is 0. The lowest BCUT2D eigenvalue weighted by molar-refractivity contribution is 0.669. The van der Waals surface area contributed by atoms with Gasteiger partial charge in [-0.1, -0.05) is 109 Å². The molecule has 0 aliphatic rings. The number of hydrogen-bond acceptors (Lipinski definition) is 1. The summed E-state index contributed by atoms with van der Waals surface area (Å²) in [5.41, 5.74) is 10.3. The minimum Gasteiger partial charge on any atom is -0.456 e. The van der Waals surface area contributed by atoms with Crippen LogP contribution >= 0.6 is 0 Å². The van der Waals surface area contributed by atoms with Crippen LogP contribution in [0, 0.1) is 0 Å². The summed E-state index contributed by atoms with van der Waals surface area (Å²) in [6.45, 7) is 0. The number of benzene rings is 7. The summed E-state index contributed by atoms with van der Waals surface area (Å²) < 4.78 is 8.49. The van der Waals surface area contributed by atoms with E-state index in [1.807, 2.05) is 12.1 Å². The van der Waals surface area contributed by atoms with Crippen molar-refractivity contribution in [3.8, 4) is 27.9 Å². The predicted molar refractivity (Wildman–Crippen MR) is 176 cm³/mol. The first kappa shape index (κ1) is 23.1. The minimum absolute atomic E-state index is 0.919. The van der Waals surface area contributed by atoms with Crippen LogP contribution in [0.25, 0.3) is 82.5 Å². The van der Waals surface area contributed by atoms with Gasteiger partial charge in [0.2, 0.25) is 0 Å². The van der Waals surface area contributed by atoms with Gasteiger partial charge in [-0.15, -0.1) is 0 Å². The van der Waals surface area contributed by atoms with Gasteiger partial charge < -0.3 is 8.98 Å². The van der Waals surface area contributed by atoms with Crippen LogP contribution < -0.4 is 0 Å². The predicted octanol–water partition coefficient (Wildman–Crippen LogP) is 11.2. The normalized spacial score (nSPS) is 11.8. The van der Waals surface area contributed by atoms with Crippen LogP contribution in [0.3, 0.4) is 0 Å². The van der Waals surface area contributed by atoms with E-state index in [-0.39, 0.29) is 0 Å². The molecule has 0 N–H and O–H groups in total. The lowest BCUT2D eigenvalue weighted by Gasteiger charge is -2.13. The highest BCUT2D eigenvalue weighted by molar-refractivity contribution is 6.12. The van der Waals surface area contributed by atoms with Crippen molar-refractivity contribution in [2.45, 2.75) is 0 Å². The van der Waals surface area contributed by atoms with Crippen LogP contribution in [0.1, 0.15) is 0 Å². The third kappa shape index (κ3) is 3.39. The summed E-state index contributed by atoms with van der Waals surface area (Å²) >= 11 is 0. The molecule has 0 unspecified atom stereocenters. The van der Waals surface area contributed by atoms with Crippen LogP contribution in [0.15, 0.2) is 156 Å². The second kappa shape index (κ2) is 8.95. The number of fused-ring (bicyclic) bond motifs is 7. The first-order valence-corrected chi connectivity index (χ1v) is 14.4. The maximum absolute atomic E-state index is 6.10. The van der Waals surface area contributed by atoms with E-state index >= 15 is 0 Å². The Hall–Kier alpha value is -5.60. The van der Waals surface area contributed by atoms with E-state index in [0.717, 1.165) is 21.9 Å². The number of nitrogens with zero attached hydrogens (tertiary/aromatic N) is 1. The fourth-order valence-electron chi connectivity index (χ4n) is 6.69. The fourth-order valence-corrected chi connectivity index (χ4v) is 6.69. The standard InChI is InChI=1S/C40H25NO/c1-2-10-28(11-3-1)41-37-16-8-6-14-33(37)34-20-18-27(25-38(34)41)30-22-21-29(31-12-4-5-13-32(30)31)26-19-23-40-36(24-26)35-15-7-9-17-39(35)42-40/h1-25H. The van der Waals surface area contributed by atoms with E-state index in [1.54, 1.807) is 0 Å². The van der Waals surface area contributed by atoms with Crippen molar-refractivity contribution in [3.05, 3.63) is 152 Å². The Balaban J connectivity index is 1.26. The summed E-state index contributed by atoms with van der Waals surface area (Å²) in [5.74, 6) is 0. The SMILES string of the molecule is c1ccc(-n2c3ccccc3c3ccc(-c4ccc(-c5ccc6oc7ccccc7c6c5)c5ccccc45)cc32)cc1. The zero-order valence-corrected chi connectivity index (χ0v) is 22.8. The van der Waals surface area contributed by atoms with E-state index in [9.17, 15) is 0 Å². The van der Waals surface area contributed by atoms with Gasteiger partial charge in [0.15, 0.2) is 0 Å². The molecule has 2 heteroatoms. The van der Waals surface area contributed by atoms with Crippen molar-refractivity contribution in [2.75, 3.05) is 0 Å². The molecule has 42 heavy (non-hydrogen) atoms. The van der Waals surface area contributed by atoms with Gasteiger partial charge in [-0.25, -0.2) is 0 Å². The first-order chi connectivity index (χ1) is 20.8. The smallest absolute Gasteiger partial charge is 0.135 e. The Bertz CT molecular complexity index is 2460. The van der Waals surface area contributed by atoms with Gasteiger partial charge in [0.05, 0.1) is 11.0 Å². The van der Waals surface area contributed by atoms with Crippen LogP contribution in [0.2, 0.25) is 0 Å². The van der Waals surface area contributed by atoms with Gasteiger partial charge in [0, 0.05) is 27.2 Å². The van der Waals surface area contributed by atoms with Gasteiger partial charge >= 0.3 is 0 Å². The van der Waals surface area contributed by atoms with Gasteiger partial charge in [-0.3, -0.25) is 0 Å². The average molecular weight is 536 g/mol. The van der Waals surface area contributed by atoms with E-state index in [2.05, 4.69) is 144 Å². The quantitative estimate of drug-likeness (QED) is 0.220.